The van der Waals surface area contributed by atoms with Gasteiger partial charge < -0.3 is 10.2 Å². The molecule has 4 rings (SSSR count). The molecule has 0 saturated carbocycles. The van der Waals surface area contributed by atoms with Crippen LogP contribution in [0.4, 0.5) is 29.1 Å². The number of rotatable bonds is 5. The fourth-order valence-electron chi connectivity index (χ4n) is 3.36. The lowest BCUT2D eigenvalue weighted by molar-refractivity contribution is -0.0329. The number of pyridine rings is 1. The summed E-state index contributed by atoms with van der Waals surface area (Å²) in [6.07, 6.45) is 5.13. The molecule has 1 saturated heterocycles. The van der Waals surface area contributed by atoms with Crippen LogP contribution < -0.4 is 10.2 Å². The van der Waals surface area contributed by atoms with Gasteiger partial charge >= 0.3 is 5.51 Å². The van der Waals surface area contributed by atoms with Gasteiger partial charge in [-0.2, -0.15) is 18.3 Å². The molecule has 3 aromatic rings. The molecular formula is C20H17F4N5OS. The normalized spacial score (nSPS) is 14.1. The van der Waals surface area contributed by atoms with Gasteiger partial charge in [-0.3, -0.25) is 9.89 Å². The molecule has 0 unspecified atom stereocenters. The Labute approximate surface area is 179 Å². The Morgan fingerprint density at radius 1 is 1.16 bits per heavy atom. The van der Waals surface area contributed by atoms with Gasteiger partial charge in [-0.05, 0) is 54.9 Å². The summed E-state index contributed by atoms with van der Waals surface area (Å²) in [6.45, 7) is 1.72. The van der Waals surface area contributed by atoms with E-state index in [9.17, 15) is 22.4 Å². The molecule has 1 aliphatic heterocycles. The van der Waals surface area contributed by atoms with E-state index in [1.54, 1.807) is 18.3 Å². The third-order valence-corrected chi connectivity index (χ3v) is 5.52. The van der Waals surface area contributed by atoms with E-state index in [1.165, 1.54) is 12.3 Å². The fourth-order valence-corrected chi connectivity index (χ4v) is 3.90. The SMILES string of the molecule is O=C(Nc1ccc(SC(F)(F)F)c(F)c1)c1cnc(N2CCCC2)c(-c2ccn[nH]2)c1. The lowest BCUT2D eigenvalue weighted by Gasteiger charge is -2.20. The Balaban J connectivity index is 1.57. The van der Waals surface area contributed by atoms with E-state index in [2.05, 4.69) is 25.4 Å². The zero-order valence-electron chi connectivity index (χ0n) is 16.0. The van der Waals surface area contributed by atoms with Gasteiger partial charge in [0.2, 0.25) is 0 Å². The third-order valence-electron chi connectivity index (χ3n) is 4.74. The average Bonchev–Trinajstić information content (AvgIpc) is 3.43. The first kappa shape index (κ1) is 21.2. The van der Waals surface area contributed by atoms with Crippen molar-refractivity contribution in [1.82, 2.24) is 15.2 Å². The maximum Gasteiger partial charge on any atom is 0.446 e. The van der Waals surface area contributed by atoms with Crippen LogP contribution in [-0.2, 0) is 0 Å². The van der Waals surface area contributed by atoms with Crippen molar-refractivity contribution in [3.05, 3.63) is 54.1 Å². The summed E-state index contributed by atoms with van der Waals surface area (Å²) in [5, 5.41) is 9.33. The van der Waals surface area contributed by atoms with Gasteiger partial charge in [0.15, 0.2) is 0 Å². The Morgan fingerprint density at radius 3 is 2.58 bits per heavy atom. The highest BCUT2D eigenvalue weighted by Gasteiger charge is 2.30. The topological polar surface area (TPSA) is 73.9 Å². The van der Waals surface area contributed by atoms with E-state index in [1.807, 2.05) is 0 Å². The largest absolute Gasteiger partial charge is 0.446 e. The van der Waals surface area contributed by atoms with Crippen LogP contribution in [0, 0.1) is 5.82 Å². The van der Waals surface area contributed by atoms with Crippen molar-refractivity contribution in [3.63, 3.8) is 0 Å². The number of alkyl halides is 3. The number of halogens is 4. The first-order valence-electron chi connectivity index (χ1n) is 9.41. The lowest BCUT2D eigenvalue weighted by atomic mass is 10.1. The Morgan fingerprint density at radius 2 is 1.94 bits per heavy atom. The van der Waals surface area contributed by atoms with Crippen LogP contribution in [0.5, 0.6) is 0 Å². The van der Waals surface area contributed by atoms with Crippen LogP contribution in [0.2, 0.25) is 0 Å². The van der Waals surface area contributed by atoms with Gasteiger partial charge in [0.05, 0.1) is 16.2 Å². The van der Waals surface area contributed by atoms with Crippen LogP contribution in [0.15, 0.2) is 47.6 Å². The number of nitrogens with one attached hydrogen (secondary N) is 2. The van der Waals surface area contributed by atoms with Crippen molar-refractivity contribution in [1.29, 1.82) is 0 Å². The van der Waals surface area contributed by atoms with Gasteiger partial charge in [-0.15, -0.1) is 0 Å². The minimum Gasteiger partial charge on any atom is -0.356 e. The number of nitrogens with zero attached hydrogens (tertiary/aromatic N) is 3. The van der Waals surface area contributed by atoms with Crippen molar-refractivity contribution >= 4 is 29.2 Å². The number of amides is 1. The number of aromatic amines is 1. The Hall–Kier alpha value is -3.08. The first-order chi connectivity index (χ1) is 14.8. The number of H-pyrrole nitrogens is 1. The molecule has 6 nitrogen and oxygen atoms in total. The molecule has 1 aromatic carbocycles. The van der Waals surface area contributed by atoms with E-state index < -0.39 is 33.9 Å². The van der Waals surface area contributed by atoms with Gasteiger partial charge in [0, 0.05) is 36.7 Å². The summed E-state index contributed by atoms with van der Waals surface area (Å²) in [5.41, 5.74) is -2.93. The van der Waals surface area contributed by atoms with Gasteiger partial charge in [0.25, 0.3) is 5.91 Å². The second-order valence-corrected chi connectivity index (χ2v) is 8.01. The highest BCUT2D eigenvalue weighted by Crippen LogP contribution is 2.38. The number of aromatic nitrogens is 3. The molecule has 3 heterocycles. The number of carbonyl (C=O) groups excluding carboxylic acids is 1. The Kier molecular flexibility index (Phi) is 5.86. The quantitative estimate of drug-likeness (QED) is 0.418. The molecule has 1 aliphatic rings. The summed E-state index contributed by atoms with van der Waals surface area (Å²) < 4.78 is 51.4. The average molecular weight is 451 g/mol. The summed E-state index contributed by atoms with van der Waals surface area (Å²) >= 11 is -0.546. The molecule has 0 radical (unpaired) electrons. The predicted octanol–water partition coefficient (Wildman–Crippen LogP) is 5.08. The molecule has 0 aliphatic carbocycles. The van der Waals surface area contributed by atoms with Gasteiger partial charge in [-0.25, -0.2) is 9.37 Å². The summed E-state index contributed by atoms with van der Waals surface area (Å²) in [4.78, 5) is 18.7. The zero-order valence-corrected chi connectivity index (χ0v) is 16.9. The van der Waals surface area contributed by atoms with Crippen LogP contribution in [0.1, 0.15) is 23.2 Å². The number of benzene rings is 1. The fraction of sp³-hybridized carbons (Fsp3) is 0.250. The monoisotopic (exact) mass is 451 g/mol. The molecule has 2 N–H and O–H groups in total. The molecular weight excluding hydrogens is 434 g/mol. The molecule has 31 heavy (non-hydrogen) atoms. The number of hydrogen-bond acceptors (Lipinski definition) is 5. The van der Waals surface area contributed by atoms with E-state index in [-0.39, 0.29) is 11.3 Å². The smallest absolute Gasteiger partial charge is 0.356 e. The predicted molar refractivity (Wildman–Crippen MR) is 110 cm³/mol. The van der Waals surface area contributed by atoms with E-state index in [0.29, 0.717) is 11.3 Å². The number of hydrogen-bond donors (Lipinski definition) is 2. The second-order valence-electron chi connectivity index (χ2n) is 6.91. The molecule has 0 atom stereocenters. The minimum atomic E-state index is -4.60. The van der Waals surface area contributed by atoms with Gasteiger partial charge in [-0.1, -0.05) is 0 Å². The summed E-state index contributed by atoms with van der Waals surface area (Å²) in [7, 11) is 0. The van der Waals surface area contributed by atoms with Crippen molar-refractivity contribution < 1.29 is 22.4 Å². The summed E-state index contributed by atoms with van der Waals surface area (Å²) in [5.74, 6) is -0.893. The molecule has 0 spiro atoms. The number of thioether (sulfide) groups is 1. The Bertz CT molecular complexity index is 1080. The standard InChI is InChI=1S/C20H17F4N5OS/c21-15-10-13(3-4-17(15)31-20(22,23)24)27-19(30)12-9-14(16-5-6-26-28-16)18(25-11-12)29-7-1-2-8-29/h3-6,9-11H,1-2,7-8H2,(H,26,28)(H,27,30). The minimum absolute atomic E-state index is 0.0423. The van der Waals surface area contributed by atoms with Crippen LogP contribution in [-0.4, -0.2) is 39.7 Å². The van der Waals surface area contributed by atoms with Crippen LogP contribution in [0.25, 0.3) is 11.3 Å². The van der Waals surface area contributed by atoms with Crippen LogP contribution >= 0.6 is 11.8 Å². The maximum absolute atomic E-state index is 14.0. The number of carbonyl (C=O) groups is 1. The molecule has 0 bridgehead atoms. The van der Waals surface area contributed by atoms with Crippen molar-refractivity contribution in [3.8, 4) is 11.3 Å². The molecule has 1 amide bonds. The zero-order chi connectivity index (χ0) is 22.0. The number of anilines is 2. The lowest BCUT2D eigenvalue weighted by Crippen LogP contribution is -2.21. The molecule has 1 fully saturated rings. The van der Waals surface area contributed by atoms with Crippen molar-refractivity contribution in [2.75, 3.05) is 23.3 Å². The van der Waals surface area contributed by atoms with E-state index in [0.717, 1.165) is 43.9 Å². The van der Waals surface area contributed by atoms with Crippen molar-refractivity contribution in [2.45, 2.75) is 23.2 Å². The van der Waals surface area contributed by atoms with Gasteiger partial charge in [0.1, 0.15) is 11.6 Å². The van der Waals surface area contributed by atoms with E-state index in [4.69, 9.17) is 0 Å². The highest BCUT2D eigenvalue weighted by atomic mass is 32.2. The van der Waals surface area contributed by atoms with Crippen molar-refractivity contribution in [2.24, 2.45) is 0 Å². The molecule has 2 aromatic heterocycles. The third kappa shape index (κ3) is 4.98. The molecule has 162 valence electrons. The highest BCUT2D eigenvalue weighted by molar-refractivity contribution is 8.00. The molecule has 11 heteroatoms. The van der Waals surface area contributed by atoms with E-state index >= 15 is 0 Å². The first-order valence-corrected chi connectivity index (χ1v) is 10.2. The maximum atomic E-state index is 14.0. The summed E-state index contributed by atoms with van der Waals surface area (Å²) in [6, 6.07) is 6.48. The van der Waals surface area contributed by atoms with Crippen LogP contribution in [0.3, 0.4) is 0 Å². The second kappa shape index (κ2) is 8.58.